The van der Waals surface area contributed by atoms with E-state index in [2.05, 4.69) is 9.59 Å². The predicted octanol–water partition coefficient (Wildman–Crippen LogP) is -0.354. The van der Waals surface area contributed by atoms with Gasteiger partial charge in [0, 0.05) is 5.38 Å². The first-order valence-electron chi connectivity index (χ1n) is 3.66. The van der Waals surface area contributed by atoms with Gasteiger partial charge < -0.3 is 5.11 Å². The minimum atomic E-state index is -0.364. The van der Waals surface area contributed by atoms with Gasteiger partial charge in [-0.25, -0.2) is 0 Å². The Morgan fingerprint density at radius 2 is 2.75 bits per heavy atom. The molecular weight excluding hydrogens is 178 g/mol. The van der Waals surface area contributed by atoms with Crippen LogP contribution in [0.4, 0.5) is 0 Å². The molecule has 0 amide bonds. The molecule has 0 spiro atoms. The second kappa shape index (κ2) is 3.44. The van der Waals surface area contributed by atoms with E-state index in [-0.39, 0.29) is 6.10 Å². The molecule has 1 saturated heterocycles. The van der Waals surface area contributed by atoms with Crippen LogP contribution >= 0.6 is 11.5 Å². The van der Waals surface area contributed by atoms with E-state index in [4.69, 9.17) is 9.94 Å². The summed E-state index contributed by atoms with van der Waals surface area (Å²) < 4.78 is 3.73. The van der Waals surface area contributed by atoms with E-state index in [1.54, 1.807) is 5.06 Å². The quantitative estimate of drug-likeness (QED) is 0.685. The third kappa shape index (κ3) is 1.78. The van der Waals surface area contributed by atoms with Gasteiger partial charge in [-0.05, 0) is 11.5 Å². The largest absolute Gasteiger partial charge is 0.389 e. The van der Waals surface area contributed by atoms with Gasteiger partial charge in [-0.1, -0.05) is 4.49 Å². The highest BCUT2D eigenvalue weighted by atomic mass is 32.1. The molecule has 0 aromatic carbocycles. The second-order valence-electron chi connectivity index (χ2n) is 2.67. The summed E-state index contributed by atoms with van der Waals surface area (Å²) in [5.74, 6) is 0. The van der Waals surface area contributed by atoms with Crippen molar-refractivity contribution in [2.75, 3.05) is 13.2 Å². The zero-order chi connectivity index (χ0) is 8.39. The summed E-state index contributed by atoms with van der Waals surface area (Å²) in [6.45, 7) is 1.54. The minimum Gasteiger partial charge on any atom is -0.389 e. The summed E-state index contributed by atoms with van der Waals surface area (Å²) in [6, 6.07) is 0. The van der Waals surface area contributed by atoms with E-state index in [0.717, 1.165) is 5.69 Å². The Balaban J connectivity index is 1.88. The van der Waals surface area contributed by atoms with Gasteiger partial charge >= 0.3 is 0 Å². The molecule has 12 heavy (non-hydrogen) atoms. The molecule has 66 valence electrons. The van der Waals surface area contributed by atoms with E-state index >= 15 is 0 Å². The number of nitrogens with zero attached hydrogens (tertiary/aromatic N) is 3. The molecular formula is C6H9N3O2S. The van der Waals surface area contributed by atoms with Crippen molar-refractivity contribution in [1.82, 2.24) is 14.7 Å². The fourth-order valence-corrected chi connectivity index (χ4v) is 1.52. The van der Waals surface area contributed by atoms with Crippen LogP contribution in [-0.2, 0) is 11.4 Å². The first-order valence-corrected chi connectivity index (χ1v) is 4.50. The number of hydrogen-bond donors (Lipinski definition) is 1. The first-order chi connectivity index (χ1) is 5.84. The Morgan fingerprint density at radius 1 is 1.83 bits per heavy atom. The van der Waals surface area contributed by atoms with Crippen molar-refractivity contribution in [2.45, 2.75) is 12.6 Å². The Kier molecular flexibility index (Phi) is 2.31. The summed E-state index contributed by atoms with van der Waals surface area (Å²) in [4.78, 5) is 5.16. The van der Waals surface area contributed by atoms with Crippen LogP contribution in [0.1, 0.15) is 5.69 Å². The summed E-state index contributed by atoms with van der Waals surface area (Å²) >= 11 is 1.32. The highest BCUT2D eigenvalue weighted by Gasteiger charge is 2.21. The van der Waals surface area contributed by atoms with Gasteiger partial charge in [-0.2, -0.15) is 5.06 Å². The lowest BCUT2D eigenvalue weighted by Crippen LogP contribution is -2.20. The molecule has 2 heterocycles. The molecule has 0 radical (unpaired) electrons. The first kappa shape index (κ1) is 8.06. The van der Waals surface area contributed by atoms with E-state index in [9.17, 15) is 0 Å². The Bertz CT molecular complexity index is 241. The van der Waals surface area contributed by atoms with E-state index in [0.29, 0.717) is 19.7 Å². The molecule has 2 rings (SSSR count). The van der Waals surface area contributed by atoms with Crippen LogP contribution in [0.15, 0.2) is 5.38 Å². The number of aliphatic hydroxyl groups excluding tert-OH is 1. The smallest absolute Gasteiger partial charge is 0.0958 e. The molecule has 0 aliphatic carbocycles. The van der Waals surface area contributed by atoms with Crippen LogP contribution in [0, 0.1) is 0 Å². The highest BCUT2D eigenvalue weighted by Crippen LogP contribution is 2.09. The summed E-state index contributed by atoms with van der Waals surface area (Å²) in [5, 5.41) is 16.6. The van der Waals surface area contributed by atoms with Crippen molar-refractivity contribution in [3.05, 3.63) is 11.1 Å². The van der Waals surface area contributed by atoms with Gasteiger partial charge in [0.15, 0.2) is 0 Å². The second-order valence-corrected chi connectivity index (χ2v) is 3.28. The topological polar surface area (TPSA) is 58.5 Å². The Labute approximate surface area is 73.7 Å². The summed E-state index contributed by atoms with van der Waals surface area (Å²) in [5.41, 5.74) is 0.883. The zero-order valence-corrected chi connectivity index (χ0v) is 7.20. The SMILES string of the molecule is O[C@@H]1CON(Cc2csnn2)C1. The number of β-amino-alcohol motifs (C(OH)–C–C–N with tert-alkyl or cyclic N) is 1. The maximum Gasteiger partial charge on any atom is 0.0958 e. The monoisotopic (exact) mass is 187 g/mol. The fourth-order valence-electron chi connectivity index (χ4n) is 1.08. The average molecular weight is 187 g/mol. The lowest BCUT2D eigenvalue weighted by molar-refractivity contribution is -0.118. The normalized spacial score (nSPS) is 24.9. The third-order valence-electron chi connectivity index (χ3n) is 1.61. The van der Waals surface area contributed by atoms with Crippen LogP contribution in [0.25, 0.3) is 0 Å². The molecule has 0 saturated carbocycles. The molecule has 5 nitrogen and oxygen atoms in total. The molecule has 1 fully saturated rings. The Hall–Kier alpha value is -0.560. The molecule has 0 bridgehead atoms. The van der Waals surface area contributed by atoms with Gasteiger partial charge in [0.2, 0.25) is 0 Å². The molecule has 6 heteroatoms. The number of aliphatic hydroxyl groups is 1. The third-order valence-corrected chi connectivity index (χ3v) is 2.16. The Morgan fingerprint density at radius 3 is 3.33 bits per heavy atom. The van der Waals surface area contributed by atoms with Gasteiger partial charge in [-0.15, -0.1) is 5.10 Å². The highest BCUT2D eigenvalue weighted by molar-refractivity contribution is 7.03. The standard InChI is InChI=1S/C6H9N3O2S/c10-6-2-9(11-3-6)1-5-4-12-8-7-5/h4,6,10H,1-3H2/t6-/m0/s1. The molecule has 1 aliphatic heterocycles. The summed E-state index contributed by atoms with van der Waals surface area (Å²) in [7, 11) is 0. The van der Waals surface area contributed by atoms with Crippen molar-refractivity contribution in [2.24, 2.45) is 0 Å². The molecule has 0 unspecified atom stereocenters. The van der Waals surface area contributed by atoms with Crippen molar-refractivity contribution < 1.29 is 9.94 Å². The van der Waals surface area contributed by atoms with Gasteiger partial charge in [-0.3, -0.25) is 4.84 Å². The maximum absolute atomic E-state index is 9.13. The van der Waals surface area contributed by atoms with Gasteiger partial charge in [0.25, 0.3) is 0 Å². The number of hydroxylamine groups is 2. The molecule has 1 atom stereocenters. The van der Waals surface area contributed by atoms with Crippen molar-refractivity contribution >= 4 is 11.5 Å². The van der Waals surface area contributed by atoms with Crippen LogP contribution in [0.3, 0.4) is 0 Å². The lowest BCUT2D eigenvalue weighted by atomic mass is 10.4. The van der Waals surface area contributed by atoms with Crippen molar-refractivity contribution in [1.29, 1.82) is 0 Å². The van der Waals surface area contributed by atoms with E-state index in [1.807, 2.05) is 5.38 Å². The minimum absolute atomic E-state index is 0.364. The number of rotatable bonds is 2. The predicted molar refractivity (Wildman–Crippen MR) is 42.3 cm³/mol. The van der Waals surface area contributed by atoms with Crippen molar-refractivity contribution in [3.63, 3.8) is 0 Å². The van der Waals surface area contributed by atoms with Crippen LogP contribution in [0.2, 0.25) is 0 Å². The van der Waals surface area contributed by atoms with Gasteiger partial charge in [0.1, 0.15) is 0 Å². The zero-order valence-electron chi connectivity index (χ0n) is 6.38. The molecule has 1 aromatic heterocycles. The number of aromatic nitrogens is 2. The fraction of sp³-hybridized carbons (Fsp3) is 0.667. The van der Waals surface area contributed by atoms with E-state index < -0.39 is 0 Å². The van der Waals surface area contributed by atoms with Crippen LogP contribution < -0.4 is 0 Å². The van der Waals surface area contributed by atoms with Crippen LogP contribution in [-0.4, -0.2) is 39.0 Å². The maximum atomic E-state index is 9.13. The number of hydrogen-bond acceptors (Lipinski definition) is 6. The van der Waals surface area contributed by atoms with E-state index in [1.165, 1.54) is 11.5 Å². The summed E-state index contributed by atoms with van der Waals surface area (Å²) in [6.07, 6.45) is -0.364. The van der Waals surface area contributed by atoms with Crippen LogP contribution in [0.5, 0.6) is 0 Å². The van der Waals surface area contributed by atoms with Crippen molar-refractivity contribution in [3.8, 4) is 0 Å². The average Bonchev–Trinajstić information content (AvgIpc) is 2.63. The lowest BCUT2D eigenvalue weighted by Gasteiger charge is -2.10. The molecule has 1 aromatic rings. The molecule has 1 N–H and O–H groups in total. The van der Waals surface area contributed by atoms with Gasteiger partial charge in [0.05, 0.1) is 31.5 Å². The molecule has 1 aliphatic rings.